The molecule has 0 saturated carbocycles. The molecule has 7 heteroatoms. The molecule has 2 aliphatic heterocycles. The molecule has 0 bridgehead atoms. The van der Waals surface area contributed by atoms with Gasteiger partial charge in [-0.2, -0.15) is 0 Å². The molecule has 2 aliphatic rings. The van der Waals surface area contributed by atoms with Crippen molar-refractivity contribution in [3.63, 3.8) is 0 Å². The number of benzene rings is 1. The number of hydrogen-bond acceptors (Lipinski definition) is 5. The second kappa shape index (κ2) is 6.81. The Balaban J connectivity index is 1.17. The summed E-state index contributed by atoms with van der Waals surface area (Å²) in [6.45, 7) is 4.51. The molecular formula is C20H23N5O2. The van der Waals surface area contributed by atoms with Gasteiger partial charge in [0.05, 0.1) is 12.0 Å². The number of aromatic nitrogens is 3. The normalized spacial score (nSPS) is 19.0. The van der Waals surface area contributed by atoms with Crippen LogP contribution in [0, 0.1) is 0 Å². The first-order valence-corrected chi connectivity index (χ1v) is 9.68. The number of piperidine rings is 1. The quantitative estimate of drug-likeness (QED) is 0.768. The second-order valence-corrected chi connectivity index (χ2v) is 7.45. The van der Waals surface area contributed by atoms with Crippen molar-refractivity contribution in [3.05, 3.63) is 47.7 Å². The average Bonchev–Trinajstić information content (AvgIpc) is 3.35. The number of rotatable bonds is 4. The van der Waals surface area contributed by atoms with Crippen LogP contribution >= 0.6 is 0 Å². The standard InChI is InChI=1S/C20H23N5O2/c26-20-19-16(21-13-22-19)7-10-25(20)12-11-24-8-5-14(6-9-24)18-15-3-1-2-4-17(15)27-23-18/h1-4,13-14H,5-12H2,(H,21,22). The van der Waals surface area contributed by atoms with Gasteiger partial charge >= 0.3 is 0 Å². The Morgan fingerprint density at radius 1 is 1.15 bits per heavy atom. The molecule has 140 valence electrons. The zero-order valence-electron chi connectivity index (χ0n) is 15.2. The fourth-order valence-electron chi connectivity index (χ4n) is 4.30. The molecule has 1 amide bonds. The summed E-state index contributed by atoms with van der Waals surface area (Å²) >= 11 is 0. The van der Waals surface area contributed by atoms with Crippen LogP contribution in [-0.2, 0) is 6.42 Å². The number of imidazole rings is 1. The lowest BCUT2D eigenvalue weighted by Crippen LogP contribution is -2.44. The van der Waals surface area contributed by atoms with E-state index in [-0.39, 0.29) is 5.91 Å². The zero-order valence-corrected chi connectivity index (χ0v) is 15.2. The van der Waals surface area contributed by atoms with Gasteiger partial charge in [0, 0.05) is 43.1 Å². The maximum Gasteiger partial charge on any atom is 0.274 e. The van der Waals surface area contributed by atoms with Crippen LogP contribution < -0.4 is 0 Å². The molecule has 1 N–H and O–H groups in total. The third kappa shape index (κ3) is 3.02. The number of aromatic amines is 1. The van der Waals surface area contributed by atoms with Gasteiger partial charge in [-0.3, -0.25) is 4.79 Å². The van der Waals surface area contributed by atoms with Crippen LogP contribution in [0.3, 0.4) is 0 Å². The molecule has 0 spiro atoms. The van der Waals surface area contributed by atoms with Gasteiger partial charge in [0.1, 0.15) is 5.69 Å². The van der Waals surface area contributed by atoms with E-state index < -0.39 is 0 Å². The highest BCUT2D eigenvalue weighted by Crippen LogP contribution is 2.32. The number of nitrogens with one attached hydrogen (secondary N) is 1. The number of H-pyrrole nitrogens is 1. The molecule has 7 nitrogen and oxygen atoms in total. The van der Waals surface area contributed by atoms with Gasteiger partial charge in [0.15, 0.2) is 5.58 Å². The van der Waals surface area contributed by atoms with Crippen molar-refractivity contribution in [2.45, 2.75) is 25.2 Å². The molecule has 1 aromatic carbocycles. The van der Waals surface area contributed by atoms with Crippen LogP contribution in [0.2, 0.25) is 0 Å². The number of para-hydroxylation sites is 1. The van der Waals surface area contributed by atoms with Gasteiger partial charge in [-0.25, -0.2) is 4.98 Å². The fourth-order valence-corrected chi connectivity index (χ4v) is 4.30. The van der Waals surface area contributed by atoms with E-state index in [1.54, 1.807) is 6.33 Å². The zero-order chi connectivity index (χ0) is 18.2. The van der Waals surface area contributed by atoms with Gasteiger partial charge in [0.2, 0.25) is 0 Å². The lowest BCUT2D eigenvalue weighted by molar-refractivity contribution is 0.0704. The van der Waals surface area contributed by atoms with Crippen LogP contribution in [0.4, 0.5) is 0 Å². The van der Waals surface area contributed by atoms with Crippen molar-refractivity contribution in [2.75, 3.05) is 32.7 Å². The summed E-state index contributed by atoms with van der Waals surface area (Å²) in [5.41, 5.74) is 3.54. The summed E-state index contributed by atoms with van der Waals surface area (Å²) in [5, 5.41) is 5.48. The smallest absolute Gasteiger partial charge is 0.274 e. The first-order valence-electron chi connectivity index (χ1n) is 9.68. The number of fused-ring (bicyclic) bond motifs is 2. The summed E-state index contributed by atoms with van der Waals surface area (Å²) in [7, 11) is 0. The Bertz CT molecular complexity index is 954. The lowest BCUT2D eigenvalue weighted by Gasteiger charge is -2.33. The highest BCUT2D eigenvalue weighted by molar-refractivity contribution is 5.94. The number of hydrogen-bond donors (Lipinski definition) is 1. The Kier molecular flexibility index (Phi) is 4.16. The Morgan fingerprint density at radius 3 is 2.89 bits per heavy atom. The largest absolute Gasteiger partial charge is 0.356 e. The minimum absolute atomic E-state index is 0.0569. The van der Waals surface area contributed by atoms with Crippen molar-refractivity contribution < 1.29 is 9.32 Å². The predicted molar refractivity (Wildman–Crippen MR) is 101 cm³/mol. The van der Waals surface area contributed by atoms with E-state index in [9.17, 15) is 4.79 Å². The molecule has 2 aromatic heterocycles. The number of likely N-dealkylation sites (tertiary alicyclic amines) is 1. The van der Waals surface area contributed by atoms with Crippen molar-refractivity contribution in [1.29, 1.82) is 0 Å². The molecule has 3 aromatic rings. The third-order valence-corrected chi connectivity index (χ3v) is 5.91. The van der Waals surface area contributed by atoms with Crippen LogP contribution in [0.25, 0.3) is 11.0 Å². The van der Waals surface area contributed by atoms with E-state index in [1.807, 2.05) is 23.1 Å². The Hall–Kier alpha value is -2.67. The maximum atomic E-state index is 12.5. The van der Waals surface area contributed by atoms with E-state index in [0.29, 0.717) is 11.6 Å². The van der Waals surface area contributed by atoms with E-state index in [0.717, 1.165) is 74.3 Å². The van der Waals surface area contributed by atoms with Crippen molar-refractivity contribution in [2.24, 2.45) is 0 Å². The molecule has 0 unspecified atom stereocenters. The summed E-state index contributed by atoms with van der Waals surface area (Å²) in [4.78, 5) is 24.1. The molecule has 1 fully saturated rings. The maximum absolute atomic E-state index is 12.5. The topological polar surface area (TPSA) is 78.3 Å². The van der Waals surface area contributed by atoms with Gasteiger partial charge in [0.25, 0.3) is 5.91 Å². The molecular weight excluding hydrogens is 342 g/mol. The summed E-state index contributed by atoms with van der Waals surface area (Å²) < 4.78 is 5.47. The molecule has 4 heterocycles. The summed E-state index contributed by atoms with van der Waals surface area (Å²) in [5.74, 6) is 0.509. The molecule has 0 atom stereocenters. The summed E-state index contributed by atoms with van der Waals surface area (Å²) in [6.07, 6.45) is 4.63. The minimum atomic E-state index is 0.0569. The fraction of sp³-hybridized carbons (Fsp3) is 0.450. The van der Waals surface area contributed by atoms with Crippen LogP contribution in [0.1, 0.15) is 40.6 Å². The SMILES string of the molecule is O=C1c2nc[nH]c2CCN1CCN1CCC(c2noc3ccccc23)CC1. The Labute approximate surface area is 157 Å². The van der Waals surface area contributed by atoms with E-state index in [2.05, 4.69) is 26.1 Å². The van der Waals surface area contributed by atoms with Gasteiger partial charge < -0.3 is 19.3 Å². The van der Waals surface area contributed by atoms with Crippen molar-refractivity contribution in [3.8, 4) is 0 Å². The third-order valence-electron chi connectivity index (χ3n) is 5.91. The van der Waals surface area contributed by atoms with E-state index in [1.165, 1.54) is 0 Å². The van der Waals surface area contributed by atoms with Gasteiger partial charge in [-0.05, 0) is 38.1 Å². The number of nitrogens with zero attached hydrogens (tertiary/aromatic N) is 4. The summed E-state index contributed by atoms with van der Waals surface area (Å²) in [6, 6.07) is 8.09. The molecule has 0 aliphatic carbocycles. The first kappa shape index (κ1) is 16.5. The second-order valence-electron chi connectivity index (χ2n) is 7.45. The monoisotopic (exact) mass is 365 g/mol. The molecule has 1 saturated heterocycles. The van der Waals surface area contributed by atoms with E-state index >= 15 is 0 Å². The number of carbonyl (C=O) groups is 1. The van der Waals surface area contributed by atoms with Crippen molar-refractivity contribution in [1.82, 2.24) is 24.9 Å². The van der Waals surface area contributed by atoms with Crippen molar-refractivity contribution >= 4 is 16.9 Å². The highest BCUT2D eigenvalue weighted by atomic mass is 16.5. The van der Waals surface area contributed by atoms with Crippen LogP contribution in [-0.4, -0.2) is 63.6 Å². The Morgan fingerprint density at radius 2 is 2.00 bits per heavy atom. The molecule has 0 radical (unpaired) electrons. The molecule has 5 rings (SSSR count). The predicted octanol–water partition coefficient (Wildman–Crippen LogP) is 2.43. The van der Waals surface area contributed by atoms with Gasteiger partial charge in [-0.1, -0.05) is 17.3 Å². The molecule has 27 heavy (non-hydrogen) atoms. The van der Waals surface area contributed by atoms with E-state index in [4.69, 9.17) is 4.52 Å². The van der Waals surface area contributed by atoms with Crippen LogP contribution in [0.15, 0.2) is 35.1 Å². The lowest BCUT2D eigenvalue weighted by atomic mass is 9.91. The highest BCUT2D eigenvalue weighted by Gasteiger charge is 2.28. The average molecular weight is 365 g/mol. The van der Waals surface area contributed by atoms with Crippen LogP contribution in [0.5, 0.6) is 0 Å². The first-order chi connectivity index (χ1) is 13.3. The minimum Gasteiger partial charge on any atom is -0.356 e. The number of amides is 1. The van der Waals surface area contributed by atoms with Gasteiger partial charge in [-0.15, -0.1) is 0 Å². The number of carbonyl (C=O) groups excluding carboxylic acids is 1.